The van der Waals surface area contributed by atoms with Crippen LogP contribution in [0, 0.1) is 6.92 Å². The standard InChI is InChI=1S/C18H23NO3S.C2H2O4/c1-15-5-9-17(10-6-15)23(20,21)18-11-7-16(8-12-18)22-14-4-13-19(2)3;3-1(4)2(5)6/h5-12H,4,13-14H2,1-3H3;(H,3,4)(H,5,6). The minimum atomic E-state index is -3.47. The summed E-state index contributed by atoms with van der Waals surface area (Å²) in [6, 6.07) is 13.5. The maximum Gasteiger partial charge on any atom is 0.414 e. The summed E-state index contributed by atoms with van der Waals surface area (Å²) >= 11 is 0. The maximum atomic E-state index is 12.5. The van der Waals surface area contributed by atoms with Crippen LogP contribution < -0.4 is 4.74 Å². The van der Waals surface area contributed by atoms with E-state index >= 15 is 0 Å². The third kappa shape index (κ3) is 8.32. The molecule has 2 aromatic carbocycles. The molecular formula is C20H25NO7S. The molecule has 0 aliphatic heterocycles. The van der Waals surface area contributed by atoms with Gasteiger partial charge in [-0.25, -0.2) is 18.0 Å². The lowest BCUT2D eigenvalue weighted by atomic mass is 10.2. The molecule has 0 unspecified atom stereocenters. The van der Waals surface area contributed by atoms with E-state index in [4.69, 9.17) is 24.5 Å². The van der Waals surface area contributed by atoms with Gasteiger partial charge >= 0.3 is 11.9 Å². The molecule has 0 aromatic heterocycles. The Balaban J connectivity index is 0.000000612. The number of hydrogen-bond donors (Lipinski definition) is 2. The van der Waals surface area contributed by atoms with E-state index in [1.165, 1.54) is 0 Å². The first-order valence-electron chi connectivity index (χ1n) is 8.69. The van der Waals surface area contributed by atoms with E-state index in [-0.39, 0.29) is 4.90 Å². The van der Waals surface area contributed by atoms with Gasteiger partial charge in [-0.2, -0.15) is 0 Å². The Bertz CT molecular complexity index is 893. The number of ether oxygens (including phenoxy) is 1. The van der Waals surface area contributed by atoms with Crippen molar-refractivity contribution in [2.45, 2.75) is 23.1 Å². The average Bonchev–Trinajstić information content (AvgIpc) is 2.66. The van der Waals surface area contributed by atoms with Crippen molar-refractivity contribution in [3.8, 4) is 5.75 Å². The van der Waals surface area contributed by atoms with Crippen LogP contribution in [0.3, 0.4) is 0 Å². The lowest BCUT2D eigenvalue weighted by Crippen LogP contribution is -2.15. The zero-order chi connectivity index (χ0) is 22.0. The molecule has 9 heteroatoms. The zero-order valence-corrected chi connectivity index (χ0v) is 17.3. The van der Waals surface area contributed by atoms with E-state index in [2.05, 4.69) is 4.90 Å². The Hall–Kier alpha value is -2.91. The predicted octanol–water partition coefficient (Wildman–Crippen LogP) is 2.31. The third-order valence-electron chi connectivity index (χ3n) is 3.67. The van der Waals surface area contributed by atoms with Crippen molar-refractivity contribution in [3.63, 3.8) is 0 Å². The van der Waals surface area contributed by atoms with E-state index in [9.17, 15) is 8.42 Å². The van der Waals surface area contributed by atoms with Gasteiger partial charge in [-0.3, -0.25) is 0 Å². The zero-order valence-electron chi connectivity index (χ0n) is 16.5. The number of nitrogens with zero attached hydrogens (tertiary/aromatic N) is 1. The molecule has 0 bridgehead atoms. The van der Waals surface area contributed by atoms with Crippen LogP contribution in [0.2, 0.25) is 0 Å². The van der Waals surface area contributed by atoms with Crippen LogP contribution >= 0.6 is 0 Å². The molecule has 8 nitrogen and oxygen atoms in total. The predicted molar refractivity (Wildman–Crippen MR) is 107 cm³/mol. The first kappa shape index (κ1) is 24.1. The lowest BCUT2D eigenvalue weighted by molar-refractivity contribution is -0.159. The van der Waals surface area contributed by atoms with Gasteiger partial charge in [0.1, 0.15) is 5.75 Å². The molecule has 0 aliphatic carbocycles. The molecule has 0 fully saturated rings. The number of benzene rings is 2. The Morgan fingerprint density at radius 2 is 1.34 bits per heavy atom. The number of aryl methyl sites for hydroxylation is 1. The molecule has 0 spiro atoms. The smallest absolute Gasteiger partial charge is 0.414 e. The molecule has 0 heterocycles. The topological polar surface area (TPSA) is 121 Å². The highest BCUT2D eigenvalue weighted by Crippen LogP contribution is 2.23. The maximum absolute atomic E-state index is 12.5. The third-order valence-corrected chi connectivity index (χ3v) is 5.45. The van der Waals surface area contributed by atoms with Crippen LogP contribution in [-0.4, -0.2) is 62.7 Å². The molecule has 29 heavy (non-hydrogen) atoms. The lowest BCUT2D eigenvalue weighted by Gasteiger charge is -2.11. The Morgan fingerprint density at radius 3 is 1.76 bits per heavy atom. The summed E-state index contributed by atoms with van der Waals surface area (Å²) in [6.45, 7) is 3.50. The Kier molecular flexibility index (Phi) is 9.30. The summed E-state index contributed by atoms with van der Waals surface area (Å²) < 4.78 is 30.7. The Morgan fingerprint density at radius 1 is 0.897 bits per heavy atom. The fourth-order valence-corrected chi connectivity index (χ4v) is 3.40. The fraction of sp³-hybridized carbons (Fsp3) is 0.300. The second kappa shape index (κ2) is 11.2. The Labute approximate surface area is 170 Å². The average molecular weight is 423 g/mol. The molecule has 2 rings (SSSR count). The highest BCUT2D eigenvalue weighted by molar-refractivity contribution is 7.91. The van der Waals surface area contributed by atoms with Gasteiger partial charge in [-0.15, -0.1) is 0 Å². The number of carboxylic acid groups (broad SMARTS) is 2. The van der Waals surface area contributed by atoms with E-state index in [1.807, 2.05) is 21.0 Å². The molecule has 0 aliphatic rings. The number of aliphatic carboxylic acids is 2. The molecule has 0 saturated carbocycles. The van der Waals surface area contributed by atoms with Crippen LogP contribution in [-0.2, 0) is 19.4 Å². The fourth-order valence-electron chi connectivity index (χ4n) is 2.14. The molecule has 2 aromatic rings. The van der Waals surface area contributed by atoms with Gasteiger partial charge in [0.25, 0.3) is 0 Å². The summed E-state index contributed by atoms with van der Waals surface area (Å²) in [5, 5.41) is 14.8. The first-order chi connectivity index (χ1) is 13.5. The number of hydrogen-bond acceptors (Lipinski definition) is 6. The van der Waals surface area contributed by atoms with Crippen LogP contribution in [0.4, 0.5) is 0 Å². The summed E-state index contributed by atoms with van der Waals surface area (Å²) in [4.78, 5) is 20.9. The van der Waals surface area contributed by atoms with Crippen molar-refractivity contribution in [3.05, 3.63) is 54.1 Å². The second-order valence-electron chi connectivity index (χ2n) is 6.40. The van der Waals surface area contributed by atoms with E-state index in [1.54, 1.807) is 48.5 Å². The number of rotatable bonds is 7. The summed E-state index contributed by atoms with van der Waals surface area (Å²) in [6.07, 6.45) is 0.927. The first-order valence-corrected chi connectivity index (χ1v) is 10.2. The normalized spacial score (nSPS) is 10.8. The number of carbonyl (C=O) groups is 2. The number of carboxylic acids is 2. The van der Waals surface area contributed by atoms with Crippen molar-refractivity contribution in [2.75, 3.05) is 27.2 Å². The van der Waals surface area contributed by atoms with E-state index in [0.717, 1.165) is 18.5 Å². The molecule has 0 atom stereocenters. The van der Waals surface area contributed by atoms with Crippen molar-refractivity contribution in [2.24, 2.45) is 0 Å². The van der Waals surface area contributed by atoms with Crippen molar-refractivity contribution >= 4 is 21.8 Å². The molecule has 2 N–H and O–H groups in total. The highest BCUT2D eigenvalue weighted by atomic mass is 32.2. The monoisotopic (exact) mass is 423 g/mol. The van der Waals surface area contributed by atoms with Crippen LogP contribution in [0.5, 0.6) is 5.75 Å². The second-order valence-corrected chi connectivity index (χ2v) is 8.35. The van der Waals surface area contributed by atoms with E-state index < -0.39 is 21.8 Å². The molecule has 158 valence electrons. The van der Waals surface area contributed by atoms with Gasteiger partial charge in [0.15, 0.2) is 0 Å². The summed E-state index contributed by atoms with van der Waals surface area (Å²) in [7, 11) is 0.566. The van der Waals surface area contributed by atoms with Gasteiger partial charge in [-0.05, 0) is 63.8 Å². The summed E-state index contributed by atoms with van der Waals surface area (Å²) in [5.74, 6) is -2.96. The minimum Gasteiger partial charge on any atom is -0.494 e. The van der Waals surface area contributed by atoms with Crippen LogP contribution in [0.15, 0.2) is 58.3 Å². The highest BCUT2D eigenvalue weighted by Gasteiger charge is 2.17. The van der Waals surface area contributed by atoms with Gasteiger partial charge < -0.3 is 19.8 Å². The van der Waals surface area contributed by atoms with Gasteiger partial charge in [0.05, 0.1) is 16.4 Å². The largest absolute Gasteiger partial charge is 0.494 e. The molecule has 0 amide bonds. The minimum absolute atomic E-state index is 0.280. The molecule has 0 radical (unpaired) electrons. The van der Waals surface area contributed by atoms with Crippen LogP contribution in [0.1, 0.15) is 12.0 Å². The van der Waals surface area contributed by atoms with Crippen molar-refractivity contribution in [1.82, 2.24) is 4.90 Å². The summed E-state index contributed by atoms with van der Waals surface area (Å²) in [5.41, 5.74) is 1.03. The molecule has 0 saturated heterocycles. The van der Waals surface area contributed by atoms with E-state index in [0.29, 0.717) is 17.3 Å². The van der Waals surface area contributed by atoms with Gasteiger partial charge in [0, 0.05) is 6.54 Å². The van der Waals surface area contributed by atoms with Gasteiger partial charge in [-0.1, -0.05) is 17.7 Å². The SMILES string of the molecule is Cc1ccc(S(=O)(=O)c2ccc(OCCCN(C)C)cc2)cc1.O=C(O)C(=O)O. The molecular weight excluding hydrogens is 398 g/mol. The quantitative estimate of drug-likeness (QED) is 0.514. The number of sulfone groups is 1. The van der Waals surface area contributed by atoms with Crippen LogP contribution in [0.25, 0.3) is 0 Å². The van der Waals surface area contributed by atoms with Gasteiger partial charge in [0.2, 0.25) is 9.84 Å². The van der Waals surface area contributed by atoms with Crippen molar-refractivity contribution in [1.29, 1.82) is 0 Å². The van der Waals surface area contributed by atoms with Crippen molar-refractivity contribution < 1.29 is 33.0 Å².